The molecular weight excluding hydrogens is 400 g/mol. The third kappa shape index (κ3) is 3.71. The number of ether oxygens (including phenoxy) is 3. The predicted octanol–water partition coefficient (Wildman–Crippen LogP) is 4.71. The highest BCUT2D eigenvalue weighted by Gasteiger charge is 2.18. The summed E-state index contributed by atoms with van der Waals surface area (Å²) in [5.74, 6) is 0.766. The fraction of sp³-hybridized carbons (Fsp3) is 0.250. The molecule has 0 bridgehead atoms. The molecule has 0 spiro atoms. The van der Waals surface area contributed by atoms with E-state index in [2.05, 4.69) is 0 Å². The largest absolute Gasteiger partial charge is 0.486 e. The number of aryl methyl sites for hydroxylation is 2. The lowest BCUT2D eigenvalue weighted by Gasteiger charge is -2.18. The number of esters is 1. The van der Waals surface area contributed by atoms with Crippen LogP contribution in [0.15, 0.2) is 48.5 Å². The van der Waals surface area contributed by atoms with Crippen molar-refractivity contribution in [3.05, 3.63) is 70.1 Å². The number of hydrogen-bond donors (Lipinski definition) is 0. The van der Waals surface area contributed by atoms with E-state index in [0.717, 1.165) is 35.5 Å². The van der Waals surface area contributed by atoms with Gasteiger partial charge in [0.05, 0.1) is 0 Å². The molecule has 5 nitrogen and oxygen atoms in total. The number of thiophene rings is 1. The number of hydrogen-bond acceptors (Lipinski definition) is 6. The van der Waals surface area contributed by atoms with Crippen LogP contribution >= 0.6 is 11.3 Å². The molecular formula is C24H20O5S. The topological polar surface area (TPSA) is 61.8 Å². The third-order valence-electron chi connectivity index (χ3n) is 5.39. The van der Waals surface area contributed by atoms with Gasteiger partial charge in [0.25, 0.3) is 0 Å². The van der Waals surface area contributed by atoms with Crippen molar-refractivity contribution in [1.29, 1.82) is 0 Å². The SMILES string of the molecule is O=C(COC(=O)c1ccc(-c2ccc3c(c2)OCCO3)s1)c1ccc2c(c1)CCC2. The zero-order valence-corrected chi connectivity index (χ0v) is 17.1. The van der Waals surface area contributed by atoms with Gasteiger partial charge in [-0.1, -0.05) is 12.1 Å². The van der Waals surface area contributed by atoms with Crippen molar-refractivity contribution >= 4 is 23.1 Å². The second kappa shape index (κ2) is 7.95. The van der Waals surface area contributed by atoms with Crippen LogP contribution in [0.5, 0.6) is 11.5 Å². The summed E-state index contributed by atoms with van der Waals surface area (Å²) >= 11 is 1.33. The molecule has 1 aliphatic carbocycles. The van der Waals surface area contributed by atoms with E-state index in [4.69, 9.17) is 14.2 Å². The fourth-order valence-electron chi connectivity index (χ4n) is 3.83. The van der Waals surface area contributed by atoms with Crippen molar-refractivity contribution in [1.82, 2.24) is 0 Å². The van der Waals surface area contributed by atoms with Crippen molar-refractivity contribution in [3.63, 3.8) is 0 Å². The Morgan fingerprint density at radius 1 is 0.900 bits per heavy atom. The van der Waals surface area contributed by atoms with Gasteiger partial charge in [-0.25, -0.2) is 4.79 Å². The molecule has 5 rings (SSSR count). The van der Waals surface area contributed by atoms with E-state index in [1.54, 1.807) is 6.07 Å². The molecule has 0 radical (unpaired) electrons. The summed E-state index contributed by atoms with van der Waals surface area (Å²) in [6, 6.07) is 15.1. The molecule has 0 saturated carbocycles. The highest BCUT2D eigenvalue weighted by molar-refractivity contribution is 7.17. The van der Waals surface area contributed by atoms with Gasteiger partial charge in [-0.15, -0.1) is 11.3 Å². The van der Waals surface area contributed by atoms with Crippen LogP contribution < -0.4 is 9.47 Å². The average molecular weight is 420 g/mol. The maximum absolute atomic E-state index is 12.4. The molecule has 0 fully saturated rings. The van der Waals surface area contributed by atoms with Crippen molar-refractivity contribution < 1.29 is 23.8 Å². The van der Waals surface area contributed by atoms with E-state index < -0.39 is 5.97 Å². The first-order chi connectivity index (χ1) is 14.7. The predicted molar refractivity (Wildman–Crippen MR) is 114 cm³/mol. The Labute approximate surface area is 178 Å². The minimum absolute atomic E-state index is 0.179. The molecule has 1 aliphatic heterocycles. The molecule has 2 heterocycles. The van der Waals surface area contributed by atoms with Crippen LogP contribution in [0.3, 0.4) is 0 Å². The molecule has 0 amide bonds. The van der Waals surface area contributed by atoms with Crippen LogP contribution in [0.2, 0.25) is 0 Å². The van der Waals surface area contributed by atoms with Gasteiger partial charge in [0.1, 0.15) is 18.1 Å². The highest BCUT2D eigenvalue weighted by atomic mass is 32.1. The lowest BCUT2D eigenvalue weighted by Crippen LogP contribution is -2.15. The molecule has 0 unspecified atom stereocenters. The van der Waals surface area contributed by atoms with Gasteiger partial charge >= 0.3 is 5.97 Å². The summed E-state index contributed by atoms with van der Waals surface area (Å²) in [6.07, 6.45) is 3.21. The van der Waals surface area contributed by atoms with E-state index in [-0.39, 0.29) is 12.4 Å². The molecule has 0 N–H and O–H groups in total. The van der Waals surface area contributed by atoms with Crippen molar-refractivity contribution in [2.24, 2.45) is 0 Å². The fourth-order valence-corrected chi connectivity index (χ4v) is 4.73. The number of carbonyl (C=O) groups excluding carboxylic acids is 2. The van der Waals surface area contributed by atoms with Crippen molar-refractivity contribution in [2.75, 3.05) is 19.8 Å². The lowest BCUT2D eigenvalue weighted by atomic mass is 10.0. The van der Waals surface area contributed by atoms with Crippen LogP contribution in [-0.4, -0.2) is 31.6 Å². The normalized spacial score (nSPS) is 14.3. The van der Waals surface area contributed by atoms with Gasteiger partial charge in [-0.05, 0) is 72.4 Å². The maximum Gasteiger partial charge on any atom is 0.348 e. The van der Waals surface area contributed by atoms with Gasteiger partial charge in [0, 0.05) is 10.4 Å². The first-order valence-corrected chi connectivity index (χ1v) is 10.8. The standard InChI is InChI=1S/C24H20O5S/c25-19(17-5-4-15-2-1-3-16(15)12-17)14-29-24(26)23-9-8-22(30-23)18-6-7-20-21(13-18)28-11-10-27-20/h4-9,12-13H,1-3,10-11,14H2. The van der Waals surface area contributed by atoms with E-state index >= 15 is 0 Å². The first kappa shape index (κ1) is 18.9. The summed E-state index contributed by atoms with van der Waals surface area (Å²) in [4.78, 5) is 26.3. The van der Waals surface area contributed by atoms with E-state index in [1.807, 2.05) is 42.5 Å². The van der Waals surface area contributed by atoms with Gasteiger partial charge in [-0.3, -0.25) is 4.79 Å². The molecule has 2 aliphatic rings. The minimum Gasteiger partial charge on any atom is -0.486 e. The Kier molecular flexibility index (Phi) is 5.01. The Bertz CT molecular complexity index is 1130. The first-order valence-electron chi connectivity index (χ1n) is 9.99. The molecule has 6 heteroatoms. The Morgan fingerprint density at radius 3 is 2.63 bits per heavy atom. The van der Waals surface area contributed by atoms with Crippen molar-refractivity contribution in [2.45, 2.75) is 19.3 Å². The van der Waals surface area contributed by atoms with E-state index in [1.165, 1.54) is 22.5 Å². The van der Waals surface area contributed by atoms with Crippen LogP contribution in [0.4, 0.5) is 0 Å². The number of rotatable bonds is 5. The molecule has 2 aromatic carbocycles. The molecule has 3 aromatic rings. The van der Waals surface area contributed by atoms with Crippen molar-refractivity contribution in [3.8, 4) is 21.9 Å². The lowest BCUT2D eigenvalue weighted by molar-refractivity contribution is 0.0479. The highest BCUT2D eigenvalue weighted by Crippen LogP contribution is 2.37. The Balaban J connectivity index is 1.24. The van der Waals surface area contributed by atoms with E-state index in [0.29, 0.717) is 29.4 Å². The number of ketones is 1. The number of fused-ring (bicyclic) bond motifs is 2. The van der Waals surface area contributed by atoms with Gasteiger partial charge in [-0.2, -0.15) is 0 Å². The second-order valence-electron chi connectivity index (χ2n) is 7.36. The third-order valence-corrected chi connectivity index (χ3v) is 6.50. The number of Topliss-reactive ketones (excluding diaryl/α,β-unsaturated/α-hetero) is 1. The Hall–Kier alpha value is -3.12. The summed E-state index contributed by atoms with van der Waals surface area (Å²) in [6.45, 7) is 0.817. The van der Waals surface area contributed by atoms with Crippen LogP contribution in [0.1, 0.15) is 37.6 Å². The zero-order valence-electron chi connectivity index (χ0n) is 16.3. The quantitative estimate of drug-likeness (QED) is 0.442. The summed E-state index contributed by atoms with van der Waals surface area (Å²) in [5, 5.41) is 0. The number of benzene rings is 2. The number of carbonyl (C=O) groups is 2. The summed E-state index contributed by atoms with van der Waals surface area (Å²) in [5.41, 5.74) is 4.09. The average Bonchev–Trinajstić information content (AvgIpc) is 3.46. The van der Waals surface area contributed by atoms with Crippen LogP contribution in [0, 0.1) is 0 Å². The second-order valence-corrected chi connectivity index (χ2v) is 8.44. The maximum atomic E-state index is 12.4. The minimum atomic E-state index is -0.488. The summed E-state index contributed by atoms with van der Waals surface area (Å²) in [7, 11) is 0. The van der Waals surface area contributed by atoms with Gasteiger partial charge < -0.3 is 14.2 Å². The molecule has 0 atom stereocenters. The zero-order chi connectivity index (χ0) is 20.5. The molecule has 152 valence electrons. The van der Waals surface area contributed by atoms with Crippen LogP contribution in [0.25, 0.3) is 10.4 Å². The molecule has 0 saturated heterocycles. The van der Waals surface area contributed by atoms with Gasteiger partial charge in [0.2, 0.25) is 0 Å². The monoisotopic (exact) mass is 420 g/mol. The molecule has 30 heavy (non-hydrogen) atoms. The summed E-state index contributed by atoms with van der Waals surface area (Å²) < 4.78 is 16.5. The smallest absolute Gasteiger partial charge is 0.348 e. The van der Waals surface area contributed by atoms with Crippen LogP contribution in [-0.2, 0) is 17.6 Å². The molecule has 1 aromatic heterocycles. The van der Waals surface area contributed by atoms with E-state index in [9.17, 15) is 9.59 Å². The van der Waals surface area contributed by atoms with Gasteiger partial charge in [0.15, 0.2) is 23.9 Å². The Morgan fingerprint density at radius 2 is 1.73 bits per heavy atom.